The first kappa shape index (κ1) is 16.0. The molecule has 1 atom stereocenters. The SMILES string of the molecule is CC(C)COc1cccc(-c2nc(C3CNCCN3C)no2)c1. The molecule has 3 rings (SSSR count). The third kappa shape index (κ3) is 3.89. The lowest BCUT2D eigenvalue weighted by molar-refractivity contribution is 0.190. The van der Waals surface area contributed by atoms with Crippen molar-refractivity contribution in [2.75, 3.05) is 33.3 Å². The Bertz CT molecular complexity index is 641. The monoisotopic (exact) mass is 316 g/mol. The van der Waals surface area contributed by atoms with Crippen molar-refractivity contribution >= 4 is 0 Å². The van der Waals surface area contributed by atoms with Gasteiger partial charge >= 0.3 is 0 Å². The molecule has 2 heterocycles. The van der Waals surface area contributed by atoms with Gasteiger partial charge in [0.05, 0.1) is 12.6 Å². The zero-order valence-electron chi connectivity index (χ0n) is 14.0. The normalized spacial score (nSPS) is 19.2. The first-order chi connectivity index (χ1) is 11.1. The highest BCUT2D eigenvalue weighted by atomic mass is 16.5. The number of rotatable bonds is 5. The summed E-state index contributed by atoms with van der Waals surface area (Å²) in [5.41, 5.74) is 0.886. The van der Waals surface area contributed by atoms with Crippen molar-refractivity contribution in [1.29, 1.82) is 0 Å². The number of aromatic nitrogens is 2. The molecule has 0 bridgehead atoms. The Morgan fingerprint density at radius 1 is 1.43 bits per heavy atom. The van der Waals surface area contributed by atoms with Crippen LogP contribution in [0.15, 0.2) is 28.8 Å². The topological polar surface area (TPSA) is 63.4 Å². The van der Waals surface area contributed by atoms with Crippen molar-refractivity contribution in [3.8, 4) is 17.2 Å². The lowest BCUT2D eigenvalue weighted by atomic mass is 10.2. The van der Waals surface area contributed by atoms with E-state index < -0.39 is 0 Å². The van der Waals surface area contributed by atoms with Gasteiger partial charge in [-0.25, -0.2) is 0 Å². The van der Waals surface area contributed by atoms with E-state index in [0.717, 1.165) is 36.8 Å². The smallest absolute Gasteiger partial charge is 0.258 e. The van der Waals surface area contributed by atoms with Gasteiger partial charge in [0, 0.05) is 25.2 Å². The number of piperazine rings is 1. The van der Waals surface area contributed by atoms with Crippen LogP contribution in [-0.2, 0) is 0 Å². The summed E-state index contributed by atoms with van der Waals surface area (Å²) in [7, 11) is 2.09. The van der Waals surface area contributed by atoms with Gasteiger partial charge in [-0.15, -0.1) is 0 Å². The highest BCUT2D eigenvalue weighted by Gasteiger charge is 2.25. The van der Waals surface area contributed by atoms with Crippen LogP contribution >= 0.6 is 0 Å². The zero-order valence-corrected chi connectivity index (χ0v) is 14.0. The van der Waals surface area contributed by atoms with Gasteiger partial charge in [0.25, 0.3) is 5.89 Å². The molecule has 6 nitrogen and oxygen atoms in total. The van der Waals surface area contributed by atoms with Crippen molar-refractivity contribution in [3.63, 3.8) is 0 Å². The van der Waals surface area contributed by atoms with E-state index in [9.17, 15) is 0 Å². The first-order valence-corrected chi connectivity index (χ1v) is 8.11. The molecule has 1 fully saturated rings. The van der Waals surface area contributed by atoms with Crippen molar-refractivity contribution in [2.24, 2.45) is 5.92 Å². The average molecular weight is 316 g/mol. The fourth-order valence-electron chi connectivity index (χ4n) is 2.56. The van der Waals surface area contributed by atoms with Crippen LogP contribution in [0.2, 0.25) is 0 Å². The van der Waals surface area contributed by atoms with Crippen LogP contribution in [0.5, 0.6) is 5.75 Å². The predicted octanol–water partition coefficient (Wildman–Crippen LogP) is 2.35. The quantitative estimate of drug-likeness (QED) is 0.913. The molecule has 6 heteroatoms. The summed E-state index contributed by atoms with van der Waals surface area (Å²) in [6.07, 6.45) is 0. The lowest BCUT2D eigenvalue weighted by Gasteiger charge is -2.30. The molecule has 1 N–H and O–H groups in total. The molecular formula is C17H24N4O2. The molecule has 1 aromatic heterocycles. The largest absolute Gasteiger partial charge is 0.493 e. The lowest BCUT2D eigenvalue weighted by Crippen LogP contribution is -2.44. The van der Waals surface area contributed by atoms with E-state index in [1.165, 1.54) is 0 Å². The van der Waals surface area contributed by atoms with Crippen LogP contribution in [0, 0.1) is 5.92 Å². The summed E-state index contributed by atoms with van der Waals surface area (Å²) in [6, 6.07) is 7.96. The van der Waals surface area contributed by atoms with Crippen molar-refractivity contribution in [2.45, 2.75) is 19.9 Å². The number of likely N-dealkylation sites (N-methyl/N-ethyl adjacent to an activating group) is 1. The van der Waals surface area contributed by atoms with Crippen LogP contribution in [0.4, 0.5) is 0 Å². The molecule has 0 spiro atoms. The van der Waals surface area contributed by atoms with E-state index in [2.05, 4.69) is 41.3 Å². The molecule has 1 unspecified atom stereocenters. The van der Waals surface area contributed by atoms with Crippen molar-refractivity contribution in [3.05, 3.63) is 30.1 Å². The van der Waals surface area contributed by atoms with Crippen LogP contribution in [-0.4, -0.2) is 48.3 Å². The maximum absolute atomic E-state index is 5.76. The van der Waals surface area contributed by atoms with E-state index in [1.807, 2.05) is 24.3 Å². The first-order valence-electron chi connectivity index (χ1n) is 8.11. The van der Waals surface area contributed by atoms with Gasteiger partial charge in [-0.3, -0.25) is 4.90 Å². The number of benzene rings is 1. The standard InChI is InChI=1S/C17H24N4O2/c1-12(2)11-22-14-6-4-5-13(9-14)17-19-16(20-23-17)15-10-18-7-8-21(15)3/h4-6,9,12,15,18H,7-8,10-11H2,1-3H3. The molecule has 0 aliphatic carbocycles. The van der Waals surface area contributed by atoms with Crippen LogP contribution in [0.25, 0.3) is 11.5 Å². The van der Waals surface area contributed by atoms with Crippen molar-refractivity contribution in [1.82, 2.24) is 20.4 Å². The summed E-state index contributed by atoms with van der Waals surface area (Å²) in [6.45, 7) is 7.76. The second kappa shape index (κ2) is 7.10. The molecule has 0 amide bonds. The molecule has 0 saturated carbocycles. The summed E-state index contributed by atoms with van der Waals surface area (Å²) in [5.74, 6) is 2.58. The zero-order chi connectivity index (χ0) is 16.2. The number of nitrogens with zero attached hydrogens (tertiary/aromatic N) is 3. The number of ether oxygens (including phenoxy) is 1. The summed E-state index contributed by atoms with van der Waals surface area (Å²) in [4.78, 5) is 6.82. The number of hydrogen-bond donors (Lipinski definition) is 1. The Balaban J connectivity index is 1.76. The van der Waals surface area contributed by atoms with Gasteiger partial charge in [-0.1, -0.05) is 25.1 Å². The Kier molecular flexibility index (Phi) is 4.93. The Labute approximate surface area is 136 Å². The van der Waals surface area contributed by atoms with Gasteiger partial charge in [-0.05, 0) is 31.2 Å². The summed E-state index contributed by atoms with van der Waals surface area (Å²) >= 11 is 0. The molecule has 1 aliphatic rings. The minimum atomic E-state index is 0.154. The Morgan fingerprint density at radius 2 is 2.30 bits per heavy atom. The van der Waals surface area contributed by atoms with E-state index in [0.29, 0.717) is 18.4 Å². The van der Waals surface area contributed by atoms with E-state index in [1.54, 1.807) is 0 Å². The average Bonchev–Trinajstić information content (AvgIpc) is 3.03. The minimum Gasteiger partial charge on any atom is -0.493 e. The van der Waals surface area contributed by atoms with E-state index >= 15 is 0 Å². The van der Waals surface area contributed by atoms with E-state index in [-0.39, 0.29) is 6.04 Å². The molecule has 1 aliphatic heterocycles. The molecular weight excluding hydrogens is 292 g/mol. The van der Waals surface area contributed by atoms with Crippen LogP contribution < -0.4 is 10.1 Å². The van der Waals surface area contributed by atoms with E-state index in [4.69, 9.17) is 9.26 Å². The molecule has 2 aromatic rings. The third-order valence-corrected chi connectivity index (χ3v) is 3.92. The van der Waals surface area contributed by atoms with Crippen molar-refractivity contribution < 1.29 is 9.26 Å². The number of nitrogens with one attached hydrogen (secondary N) is 1. The number of hydrogen-bond acceptors (Lipinski definition) is 6. The highest BCUT2D eigenvalue weighted by Crippen LogP contribution is 2.25. The van der Waals surface area contributed by atoms with Gasteiger partial charge in [0.1, 0.15) is 5.75 Å². The van der Waals surface area contributed by atoms with Gasteiger partial charge < -0.3 is 14.6 Å². The Morgan fingerprint density at radius 3 is 3.09 bits per heavy atom. The fraction of sp³-hybridized carbons (Fsp3) is 0.529. The fourth-order valence-corrected chi connectivity index (χ4v) is 2.56. The predicted molar refractivity (Wildman–Crippen MR) is 88.3 cm³/mol. The third-order valence-electron chi connectivity index (χ3n) is 3.92. The van der Waals surface area contributed by atoms with Crippen LogP contribution in [0.1, 0.15) is 25.7 Å². The Hall–Kier alpha value is -1.92. The maximum Gasteiger partial charge on any atom is 0.258 e. The summed E-state index contributed by atoms with van der Waals surface area (Å²) in [5, 5.41) is 7.53. The second-order valence-corrected chi connectivity index (χ2v) is 6.39. The highest BCUT2D eigenvalue weighted by molar-refractivity contribution is 5.55. The maximum atomic E-state index is 5.76. The molecule has 124 valence electrons. The second-order valence-electron chi connectivity index (χ2n) is 6.39. The summed E-state index contributed by atoms with van der Waals surface area (Å²) < 4.78 is 11.2. The van der Waals surface area contributed by atoms with Crippen LogP contribution in [0.3, 0.4) is 0 Å². The van der Waals surface area contributed by atoms with Gasteiger partial charge in [0.2, 0.25) is 0 Å². The molecule has 1 saturated heterocycles. The molecule has 0 radical (unpaired) electrons. The molecule has 1 aromatic carbocycles. The van der Waals surface area contributed by atoms with Gasteiger partial charge in [-0.2, -0.15) is 4.98 Å². The van der Waals surface area contributed by atoms with Gasteiger partial charge in [0.15, 0.2) is 5.82 Å². The molecule has 23 heavy (non-hydrogen) atoms. The minimum absolute atomic E-state index is 0.154.